The molecule has 1 saturated heterocycles. The van der Waals surface area contributed by atoms with Crippen LogP contribution in [0.4, 0.5) is 5.69 Å². The van der Waals surface area contributed by atoms with E-state index < -0.39 is 5.91 Å². The van der Waals surface area contributed by atoms with Crippen LogP contribution in [0.25, 0.3) is 0 Å². The van der Waals surface area contributed by atoms with Crippen LogP contribution in [0.2, 0.25) is 0 Å². The average Bonchev–Trinajstić information content (AvgIpc) is 2.59. The number of carbonyl (C=O) groups is 3. The van der Waals surface area contributed by atoms with E-state index in [-0.39, 0.29) is 24.5 Å². The summed E-state index contributed by atoms with van der Waals surface area (Å²) < 4.78 is 5.60. The van der Waals surface area contributed by atoms with Gasteiger partial charge < -0.3 is 21.1 Å². The lowest BCUT2D eigenvalue weighted by atomic mass is 10.0. The highest BCUT2D eigenvalue weighted by Crippen LogP contribution is 2.17. The van der Waals surface area contributed by atoms with Gasteiger partial charge in [-0.1, -0.05) is 0 Å². The molecule has 7 nitrogen and oxygen atoms in total. The zero-order chi connectivity index (χ0) is 17.4. The maximum atomic E-state index is 12.0. The summed E-state index contributed by atoms with van der Waals surface area (Å²) in [6.45, 7) is 0.576. The van der Waals surface area contributed by atoms with Gasteiger partial charge in [0, 0.05) is 24.3 Å². The number of hydrogen-bond acceptors (Lipinski definition) is 4. The fourth-order valence-electron chi connectivity index (χ4n) is 2.53. The summed E-state index contributed by atoms with van der Waals surface area (Å²) in [4.78, 5) is 34.3. The monoisotopic (exact) mass is 333 g/mol. The molecular weight excluding hydrogens is 310 g/mol. The molecule has 0 radical (unpaired) electrons. The predicted molar refractivity (Wildman–Crippen MR) is 89.4 cm³/mol. The van der Waals surface area contributed by atoms with E-state index in [0.29, 0.717) is 17.7 Å². The second kappa shape index (κ2) is 9.02. The van der Waals surface area contributed by atoms with Crippen LogP contribution in [-0.2, 0) is 14.3 Å². The van der Waals surface area contributed by atoms with Crippen LogP contribution in [0, 0.1) is 0 Å². The Morgan fingerprint density at radius 1 is 1.17 bits per heavy atom. The van der Waals surface area contributed by atoms with Gasteiger partial charge in [-0.05, 0) is 49.9 Å². The van der Waals surface area contributed by atoms with Crippen molar-refractivity contribution in [2.24, 2.45) is 5.73 Å². The summed E-state index contributed by atoms with van der Waals surface area (Å²) in [5.74, 6) is -1.06. The Kier molecular flexibility index (Phi) is 6.74. The second-order valence-electron chi connectivity index (χ2n) is 5.80. The Balaban J connectivity index is 1.76. The second-order valence-corrected chi connectivity index (χ2v) is 5.80. The molecule has 3 amide bonds. The van der Waals surface area contributed by atoms with Crippen LogP contribution in [0.5, 0.6) is 0 Å². The van der Waals surface area contributed by atoms with Crippen LogP contribution in [0.1, 0.15) is 42.5 Å². The number of benzene rings is 1. The third-order valence-corrected chi connectivity index (χ3v) is 3.82. The molecule has 1 fully saturated rings. The number of amides is 3. The van der Waals surface area contributed by atoms with Crippen LogP contribution < -0.4 is 16.4 Å². The lowest BCUT2D eigenvalue weighted by Crippen LogP contribution is -2.33. The molecule has 0 aromatic heterocycles. The largest absolute Gasteiger partial charge is 0.378 e. The summed E-state index contributed by atoms with van der Waals surface area (Å²) in [6.07, 6.45) is 4.59. The fourth-order valence-corrected chi connectivity index (χ4v) is 2.53. The van der Waals surface area contributed by atoms with Crippen molar-refractivity contribution < 1.29 is 19.1 Å². The minimum Gasteiger partial charge on any atom is -0.378 e. The van der Waals surface area contributed by atoms with Crippen molar-refractivity contribution in [3.8, 4) is 0 Å². The van der Waals surface area contributed by atoms with Crippen LogP contribution >= 0.6 is 0 Å². The van der Waals surface area contributed by atoms with Gasteiger partial charge in [-0.15, -0.1) is 0 Å². The maximum Gasteiger partial charge on any atom is 0.251 e. The maximum absolute atomic E-state index is 12.0. The third kappa shape index (κ3) is 6.00. The predicted octanol–water partition coefficient (Wildman–Crippen LogP) is 1.19. The van der Waals surface area contributed by atoms with Crippen molar-refractivity contribution in [2.45, 2.75) is 38.2 Å². The first-order valence-corrected chi connectivity index (χ1v) is 8.12. The average molecular weight is 333 g/mol. The van der Waals surface area contributed by atoms with E-state index in [4.69, 9.17) is 10.5 Å². The van der Waals surface area contributed by atoms with Gasteiger partial charge in [0.05, 0.1) is 12.6 Å². The number of anilines is 1. The van der Waals surface area contributed by atoms with E-state index in [2.05, 4.69) is 10.6 Å². The molecule has 1 aromatic rings. The number of nitrogens with one attached hydrogen (secondary N) is 2. The number of ether oxygens (including phenoxy) is 1. The Bertz CT molecular complexity index is 580. The number of nitrogens with two attached hydrogens (primary N) is 1. The molecule has 1 aliphatic rings. The highest BCUT2D eigenvalue weighted by molar-refractivity contribution is 5.97. The first-order chi connectivity index (χ1) is 11.5. The Hall–Kier alpha value is -2.41. The van der Waals surface area contributed by atoms with E-state index in [0.717, 1.165) is 32.3 Å². The molecule has 0 saturated carbocycles. The molecule has 1 heterocycles. The Morgan fingerprint density at radius 2 is 1.92 bits per heavy atom. The molecular formula is C17H23N3O4. The first kappa shape index (κ1) is 17.9. The molecule has 0 bridgehead atoms. The molecule has 24 heavy (non-hydrogen) atoms. The number of carbonyl (C=O) groups excluding carboxylic acids is 3. The van der Waals surface area contributed by atoms with Gasteiger partial charge in [-0.25, -0.2) is 0 Å². The first-order valence-electron chi connectivity index (χ1n) is 8.12. The summed E-state index contributed by atoms with van der Waals surface area (Å²) in [6, 6.07) is 6.45. The van der Waals surface area contributed by atoms with Crippen molar-refractivity contribution in [3.05, 3.63) is 29.8 Å². The number of primary amides is 1. The standard InChI is InChI=1S/C17H23N3O4/c18-15(21)11-19-17(23)12-4-6-13(7-5-12)20-16(22)9-8-14-3-1-2-10-24-14/h4-7,14H,1-3,8-11H2,(H2,18,21)(H,19,23)(H,20,22)/t14-/m0/s1. The quantitative estimate of drug-likeness (QED) is 0.696. The highest BCUT2D eigenvalue weighted by atomic mass is 16.5. The molecule has 130 valence electrons. The molecule has 1 aliphatic heterocycles. The minimum atomic E-state index is -0.603. The van der Waals surface area contributed by atoms with Gasteiger partial charge in [0.25, 0.3) is 5.91 Å². The smallest absolute Gasteiger partial charge is 0.251 e. The van der Waals surface area contributed by atoms with Crippen LogP contribution in [0.3, 0.4) is 0 Å². The summed E-state index contributed by atoms with van der Waals surface area (Å²) in [5.41, 5.74) is 5.98. The topological polar surface area (TPSA) is 111 Å². The third-order valence-electron chi connectivity index (χ3n) is 3.82. The zero-order valence-electron chi connectivity index (χ0n) is 13.5. The fraction of sp³-hybridized carbons (Fsp3) is 0.471. The normalized spacial score (nSPS) is 17.1. The van der Waals surface area contributed by atoms with E-state index in [1.54, 1.807) is 24.3 Å². The summed E-state index contributed by atoms with van der Waals surface area (Å²) in [7, 11) is 0. The van der Waals surface area contributed by atoms with E-state index in [9.17, 15) is 14.4 Å². The number of rotatable bonds is 7. The lowest BCUT2D eigenvalue weighted by molar-refractivity contribution is -0.117. The van der Waals surface area contributed by atoms with Crippen molar-refractivity contribution in [1.29, 1.82) is 0 Å². The zero-order valence-corrected chi connectivity index (χ0v) is 13.5. The van der Waals surface area contributed by atoms with Crippen molar-refractivity contribution in [2.75, 3.05) is 18.5 Å². The molecule has 7 heteroatoms. The van der Waals surface area contributed by atoms with Gasteiger partial charge >= 0.3 is 0 Å². The van der Waals surface area contributed by atoms with Crippen molar-refractivity contribution in [1.82, 2.24) is 5.32 Å². The molecule has 0 aliphatic carbocycles. The molecule has 4 N–H and O–H groups in total. The summed E-state index contributed by atoms with van der Waals surface area (Å²) >= 11 is 0. The van der Waals surface area contributed by atoms with E-state index in [1.165, 1.54) is 0 Å². The van der Waals surface area contributed by atoms with Crippen molar-refractivity contribution in [3.63, 3.8) is 0 Å². The van der Waals surface area contributed by atoms with Gasteiger partial charge in [0.15, 0.2) is 0 Å². The minimum absolute atomic E-state index is 0.0740. The van der Waals surface area contributed by atoms with Gasteiger partial charge in [0.1, 0.15) is 0 Å². The summed E-state index contributed by atoms with van der Waals surface area (Å²) in [5, 5.41) is 5.20. The van der Waals surface area contributed by atoms with Crippen LogP contribution in [0.15, 0.2) is 24.3 Å². The molecule has 1 atom stereocenters. The van der Waals surface area contributed by atoms with E-state index in [1.807, 2.05) is 0 Å². The Morgan fingerprint density at radius 3 is 2.54 bits per heavy atom. The van der Waals surface area contributed by atoms with Gasteiger partial charge in [-0.2, -0.15) is 0 Å². The molecule has 2 rings (SSSR count). The van der Waals surface area contributed by atoms with Gasteiger partial charge in [-0.3, -0.25) is 14.4 Å². The molecule has 0 unspecified atom stereocenters. The van der Waals surface area contributed by atoms with E-state index >= 15 is 0 Å². The van der Waals surface area contributed by atoms with Gasteiger partial charge in [0.2, 0.25) is 11.8 Å². The lowest BCUT2D eigenvalue weighted by Gasteiger charge is -2.22. The Labute approximate surface area is 140 Å². The van der Waals surface area contributed by atoms with Crippen LogP contribution in [-0.4, -0.2) is 37.0 Å². The highest BCUT2D eigenvalue weighted by Gasteiger charge is 2.15. The van der Waals surface area contributed by atoms with Crippen molar-refractivity contribution >= 4 is 23.4 Å². The number of hydrogen-bond donors (Lipinski definition) is 3. The SMILES string of the molecule is NC(=O)CNC(=O)c1ccc(NC(=O)CC[C@@H]2CCCCO2)cc1. The molecule has 0 spiro atoms. The molecule has 1 aromatic carbocycles.